The standard InChI is InChI=1S/C55H68O31/c1-73-28-15-25(16-29(74-2)39(28)64)8-12-36(61)77-22-35-42(67)44(69)50(84-53-47(72)45(70)48(33(20-57)79-53)83-52-46(71)43(68)41(66)32(19-56)78-52)54(80-35)86-55(23-59)51(82-38(63)14-9-26-17-30(75-3)40(65)31(18-26)76-4)49(34(21-58)85-55)81-37(62)13-7-24-5-10-27(60)11-6-24/h5-18,32-35,41-54,56-60,64-72H,19-23H2,1-4H3. The first kappa shape index (κ1) is 66.7. The largest absolute Gasteiger partial charge is 0.508 e. The number of carbonyl (C=O) groups excluding carboxylic acids is 3. The Morgan fingerprint density at radius 1 is 0.488 bits per heavy atom. The highest BCUT2D eigenvalue weighted by Gasteiger charge is 2.63. The average molecular weight is 1230 g/mol. The van der Waals surface area contributed by atoms with E-state index < -0.39 is 167 Å². The molecule has 3 aromatic rings. The molecule has 19 atom stereocenters. The molecule has 474 valence electrons. The third kappa shape index (κ3) is 15.1. The average Bonchev–Trinajstić information content (AvgIpc) is 1.77. The van der Waals surface area contributed by atoms with Crippen LogP contribution < -0.4 is 18.9 Å². The van der Waals surface area contributed by atoms with Crippen LogP contribution in [0.25, 0.3) is 18.2 Å². The van der Waals surface area contributed by atoms with Crippen molar-refractivity contribution in [2.75, 3.05) is 61.5 Å². The molecule has 31 heteroatoms. The van der Waals surface area contributed by atoms with Gasteiger partial charge in [0.2, 0.25) is 17.3 Å². The molecule has 0 aromatic heterocycles. The molecule has 0 spiro atoms. The molecule has 0 saturated carbocycles. The molecule has 4 heterocycles. The molecule has 4 saturated heterocycles. The third-order valence-corrected chi connectivity index (χ3v) is 14.1. The summed E-state index contributed by atoms with van der Waals surface area (Å²) in [4.78, 5) is 40.8. The summed E-state index contributed by atoms with van der Waals surface area (Å²) in [6, 6.07) is 10.9. The highest BCUT2D eigenvalue weighted by atomic mass is 16.8. The van der Waals surface area contributed by atoms with Gasteiger partial charge < -0.3 is 138 Å². The van der Waals surface area contributed by atoms with Crippen LogP contribution in [0.5, 0.6) is 40.2 Å². The van der Waals surface area contributed by atoms with Gasteiger partial charge in [0.05, 0.1) is 48.3 Å². The number of phenols is 3. The topological polar surface area (TPSA) is 464 Å². The van der Waals surface area contributed by atoms with E-state index >= 15 is 0 Å². The van der Waals surface area contributed by atoms with Crippen molar-refractivity contribution >= 4 is 36.1 Å². The number of aliphatic hydroxyl groups is 11. The van der Waals surface area contributed by atoms with Gasteiger partial charge in [0, 0.05) is 18.2 Å². The van der Waals surface area contributed by atoms with E-state index in [1.54, 1.807) is 0 Å². The first-order valence-corrected chi connectivity index (χ1v) is 26.2. The minimum Gasteiger partial charge on any atom is -0.508 e. The molecular formula is C55H68O31. The molecule has 0 amide bonds. The van der Waals surface area contributed by atoms with Crippen LogP contribution in [0.2, 0.25) is 0 Å². The Kier molecular flexibility index (Phi) is 23.0. The van der Waals surface area contributed by atoms with E-state index in [0.29, 0.717) is 5.56 Å². The lowest BCUT2D eigenvalue weighted by Crippen LogP contribution is -2.67. The number of ether oxygens (including phenoxy) is 14. The first-order valence-electron chi connectivity index (χ1n) is 26.2. The lowest BCUT2D eigenvalue weighted by atomic mass is 9.96. The maximum Gasteiger partial charge on any atom is 0.331 e. The summed E-state index contributed by atoms with van der Waals surface area (Å²) in [7, 11) is 5.04. The molecule has 4 fully saturated rings. The fraction of sp³-hybridized carbons (Fsp3) is 0.509. The second-order valence-corrected chi connectivity index (χ2v) is 19.6. The Balaban J connectivity index is 1.23. The Labute approximate surface area is 488 Å². The molecule has 31 nitrogen and oxygen atoms in total. The van der Waals surface area contributed by atoms with Crippen LogP contribution in [0.3, 0.4) is 0 Å². The molecule has 0 aliphatic carbocycles. The summed E-state index contributed by atoms with van der Waals surface area (Å²) in [6.07, 6.45) is -30.2. The second kappa shape index (κ2) is 29.7. The number of carbonyl (C=O) groups is 3. The number of phenolic OH excluding ortho intramolecular Hbond substituents is 3. The second-order valence-electron chi connectivity index (χ2n) is 19.6. The van der Waals surface area contributed by atoms with E-state index in [9.17, 15) is 85.9 Å². The van der Waals surface area contributed by atoms with Crippen LogP contribution in [-0.4, -0.2) is 267 Å². The number of benzene rings is 3. The number of methoxy groups -OCH3 is 4. The lowest BCUT2D eigenvalue weighted by molar-refractivity contribution is -0.412. The van der Waals surface area contributed by atoms with Gasteiger partial charge in [-0.25, -0.2) is 14.4 Å². The van der Waals surface area contributed by atoms with Gasteiger partial charge in [0.15, 0.2) is 54.1 Å². The van der Waals surface area contributed by atoms with Gasteiger partial charge in [0.1, 0.15) is 98.3 Å². The van der Waals surface area contributed by atoms with E-state index in [4.69, 9.17) is 66.3 Å². The van der Waals surface area contributed by atoms with E-state index in [1.165, 1.54) is 95.2 Å². The molecule has 4 aliphatic heterocycles. The number of aromatic hydroxyl groups is 3. The Bertz CT molecular complexity index is 2790. The summed E-state index contributed by atoms with van der Waals surface area (Å²) in [5.74, 6) is -7.44. The third-order valence-electron chi connectivity index (χ3n) is 14.1. The van der Waals surface area contributed by atoms with Crippen molar-refractivity contribution < 1.29 is 152 Å². The SMILES string of the molecule is COc1cc(C=CC(=O)OCC2OC(OC3(CO)OC(CO)C(OC(=O)C=Cc4ccc(O)cc4)C3OC(=O)C=Cc3cc(OC)c(O)c(OC)c3)C(OC3OC(CO)C(OC4OC(CO)C(O)C(O)C4O)C(O)C3O)C(O)C2O)cc(OC)c1O. The van der Waals surface area contributed by atoms with Crippen molar-refractivity contribution in [1.29, 1.82) is 0 Å². The Morgan fingerprint density at radius 3 is 1.44 bits per heavy atom. The van der Waals surface area contributed by atoms with E-state index in [2.05, 4.69) is 0 Å². The zero-order chi connectivity index (χ0) is 62.7. The highest BCUT2D eigenvalue weighted by molar-refractivity contribution is 5.89. The number of aliphatic hydroxyl groups excluding tert-OH is 11. The molecule has 4 aliphatic rings. The van der Waals surface area contributed by atoms with Crippen LogP contribution in [-0.2, 0) is 61.8 Å². The fourth-order valence-corrected chi connectivity index (χ4v) is 9.48. The van der Waals surface area contributed by atoms with Crippen LogP contribution in [0.15, 0.2) is 66.8 Å². The maximum atomic E-state index is 14.0. The minimum absolute atomic E-state index is 0.0181. The summed E-state index contributed by atoms with van der Waals surface area (Å²) in [6.45, 7) is -5.39. The van der Waals surface area contributed by atoms with Crippen molar-refractivity contribution in [1.82, 2.24) is 0 Å². The smallest absolute Gasteiger partial charge is 0.331 e. The number of rotatable bonds is 24. The van der Waals surface area contributed by atoms with Crippen LogP contribution in [0, 0.1) is 0 Å². The highest BCUT2D eigenvalue weighted by Crippen LogP contribution is 2.43. The van der Waals surface area contributed by atoms with Gasteiger partial charge in [0.25, 0.3) is 0 Å². The van der Waals surface area contributed by atoms with Gasteiger partial charge in [-0.3, -0.25) is 0 Å². The van der Waals surface area contributed by atoms with Gasteiger partial charge in [-0.2, -0.15) is 0 Å². The van der Waals surface area contributed by atoms with Crippen LogP contribution >= 0.6 is 0 Å². The van der Waals surface area contributed by atoms with Gasteiger partial charge in [-0.1, -0.05) is 12.1 Å². The lowest BCUT2D eigenvalue weighted by Gasteiger charge is -2.49. The Hall–Kier alpha value is -6.83. The van der Waals surface area contributed by atoms with Crippen molar-refractivity contribution in [3.63, 3.8) is 0 Å². The maximum absolute atomic E-state index is 14.0. The summed E-state index contributed by atoms with van der Waals surface area (Å²) in [5, 5.41) is 151. The van der Waals surface area contributed by atoms with Gasteiger partial charge >= 0.3 is 17.9 Å². The quantitative estimate of drug-likeness (QED) is 0.0232. The van der Waals surface area contributed by atoms with Crippen molar-refractivity contribution in [2.24, 2.45) is 0 Å². The summed E-state index contributed by atoms with van der Waals surface area (Å²) < 4.78 is 78.9. The Morgan fingerprint density at radius 2 is 0.930 bits per heavy atom. The normalized spacial score (nSPS) is 33.0. The minimum atomic E-state index is -2.92. The zero-order valence-corrected chi connectivity index (χ0v) is 46.2. The van der Waals surface area contributed by atoms with Crippen molar-refractivity contribution in [3.05, 3.63) is 83.4 Å². The van der Waals surface area contributed by atoms with Gasteiger partial charge in [-0.15, -0.1) is 0 Å². The van der Waals surface area contributed by atoms with Crippen molar-refractivity contribution in [2.45, 2.75) is 116 Å². The van der Waals surface area contributed by atoms with Crippen LogP contribution in [0.4, 0.5) is 0 Å². The van der Waals surface area contributed by atoms with E-state index in [-0.39, 0.29) is 51.4 Å². The molecule has 0 radical (unpaired) electrons. The molecule has 3 aromatic carbocycles. The van der Waals surface area contributed by atoms with E-state index in [1.807, 2.05) is 0 Å². The summed E-state index contributed by atoms with van der Waals surface area (Å²) >= 11 is 0. The molecular weight excluding hydrogens is 1160 g/mol. The molecule has 0 bridgehead atoms. The predicted molar refractivity (Wildman–Crippen MR) is 283 cm³/mol. The van der Waals surface area contributed by atoms with Crippen molar-refractivity contribution in [3.8, 4) is 40.2 Å². The fourth-order valence-electron chi connectivity index (χ4n) is 9.48. The molecule has 86 heavy (non-hydrogen) atoms. The van der Waals surface area contributed by atoms with E-state index in [0.717, 1.165) is 18.2 Å². The number of esters is 3. The van der Waals surface area contributed by atoms with Crippen LogP contribution in [0.1, 0.15) is 16.7 Å². The first-order chi connectivity index (χ1) is 41.1. The zero-order valence-electron chi connectivity index (χ0n) is 46.2. The number of hydrogen-bond acceptors (Lipinski definition) is 31. The molecule has 7 rings (SSSR count). The van der Waals surface area contributed by atoms with Gasteiger partial charge in [-0.05, 0) is 71.3 Å². The number of hydrogen-bond donors (Lipinski definition) is 14. The summed E-state index contributed by atoms with van der Waals surface area (Å²) in [5.41, 5.74) is 0.854. The molecule has 14 N–H and O–H groups in total. The monoisotopic (exact) mass is 1220 g/mol. The molecule has 19 unspecified atom stereocenters. The predicted octanol–water partition coefficient (Wildman–Crippen LogP) is -3.80.